The van der Waals surface area contributed by atoms with Gasteiger partial charge < -0.3 is 5.32 Å². The van der Waals surface area contributed by atoms with Gasteiger partial charge in [0.25, 0.3) is 5.91 Å². The summed E-state index contributed by atoms with van der Waals surface area (Å²) in [6, 6.07) is 13.0. The van der Waals surface area contributed by atoms with Crippen molar-refractivity contribution in [1.82, 2.24) is 15.0 Å². The Morgan fingerprint density at radius 2 is 1.93 bits per heavy atom. The molecule has 4 rings (SSSR count). The molecule has 144 valence electrons. The van der Waals surface area contributed by atoms with E-state index < -0.39 is 5.82 Å². The van der Waals surface area contributed by atoms with Crippen LogP contribution in [0.15, 0.2) is 66.4 Å². The van der Waals surface area contributed by atoms with Gasteiger partial charge in [-0.25, -0.2) is 19.3 Å². The number of hydrogen-bond donors (Lipinski definition) is 2. The van der Waals surface area contributed by atoms with E-state index in [1.807, 2.05) is 0 Å². The van der Waals surface area contributed by atoms with Crippen molar-refractivity contribution in [3.05, 3.63) is 82.8 Å². The molecule has 0 fully saturated rings. The Labute approximate surface area is 174 Å². The van der Waals surface area contributed by atoms with Gasteiger partial charge in [-0.15, -0.1) is 11.3 Å². The van der Waals surface area contributed by atoms with Crippen LogP contribution in [0, 0.1) is 5.82 Å². The van der Waals surface area contributed by atoms with Gasteiger partial charge in [0.05, 0.1) is 5.69 Å². The van der Waals surface area contributed by atoms with Crippen LogP contribution in [0.4, 0.5) is 21.0 Å². The molecule has 0 bridgehead atoms. The molecule has 2 aromatic carbocycles. The number of thiazole rings is 1. The molecule has 6 nitrogen and oxygen atoms in total. The number of nitrogens with zero attached hydrogens (tertiary/aromatic N) is 3. The molecule has 29 heavy (non-hydrogen) atoms. The van der Waals surface area contributed by atoms with Crippen molar-refractivity contribution in [2.45, 2.75) is 0 Å². The molecule has 0 unspecified atom stereocenters. The van der Waals surface area contributed by atoms with Gasteiger partial charge in [0.1, 0.15) is 18.0 Å². The largest absolute Gasteiger partial charge is 0.340 e. The minimum atomic E-state index is -0.465. The SMILES string of the molecule is O=C(Nc1nc(-c2ccc(Cl)cc2F)cs1)c1ccc(Nc2ccncn2)cc1. The molecule has 0 radical (unpaired) electrons. The van der Waals surface area contributed by atoms with Gasteiger partial charge in [0.15, 0.2) is 5.13 Å². The number of nitrogens with one attached hydrogen (secondary N) is 2. The number of amides is 1. The van der Waals surface area contributed by atoms with E-state index in [2.05, 4.69) is 25.6 Å². The van der Waals surface area contributed by atoms with Gasteiger partial charge in [0, 0.05) is 33.4 Å². The number of aromatic nitrogens is 3. The highest BCUT2D eigenvalue weighted by atomic mass is 35.5. The highest BCUT2D eigenvalue weighted by molar-refractivity contribution is 7.14. The molecule has 2 N–H and O–H groups in total. The van der Waals surface area contributed by atoms with E-state index in [4.69, 9.17) is 11.6 Å². The second-order valence-corrected chi connectivity index (χ2v) is 7.21. The van der Waals surface area contributed by atoms with Gasteiger partial charge >= 0.3 is 0 Å². The fraction of sp³-hybridized carbons (Fsp3) is 0. The molecule has 0 saturated heterocycles. The van der Waals surface area contributed by atoms with E-state index in [0.29, 0.717) is 32.8 Å². The third kappa shape index (κ3) is 4.56. The molecule has 4 aromatic rings. The minimum absolute atomic E-state index is 0.309. The molecule has 0 atom stereocenters. The summed E-state index contributed by atoms with van der Waals surface area (Å²) in [4.78, 5) is 24.7. The molecule has 2 aromatic heterocycles. The van der Waals surface area contributed by atoms with Gasteiger partial charge in [-0.2, -0.15) is 0 Å². The van der Waals surface area contributed by atoms with Crippen LogP contribution in [0.2, 0.25) is 5.02 Å². The van der Waals surface area contributed by atoms with E-state index in [9.17, 15) is 9.18 Å². The maximum Gasteiger partial charge on any atom is 0.257 e. The van der Waals surface area contributed by atoms with E-state index in [1.165, 1.54) is 23.7 Å². The second kappa shape index (κ2) is 8.34. The molecule has 0 aliphatic rings. The Morgan fingerprint density at radius 3 is 2.66 bits per heavy atom. The van der Waals surface area contributed by atoms with Gasteiger partial charge in [-0.1, -0.05) is 11.6 Å². The Kier molecular flexibility index (Phi) is 5.46. The maximum absolute atomic E-state index is 14.0. The number of rotatable bonds is 5. The first-order chi connectivity index (χ1) is 14.1. The molecule has 0 aliphatic heterocycles. The number of benzene rings is 2. The lowest BCUT2D eigenvalue weighted by atomic mass is 10.1. The van der Waals surface area contributed by atoms with Crippen LogP contribution in [0.3, 0.4) is 0 Å². The number of carbonyl (C=O) groups excluding carboxylic acids is 1. The summed E-state index contributed by atoms with van der Waals surface area (Å²) in [5.41, 5.74) is 2.01. The predicted molar refractivity (Wildman–Crippen MR) is 112 cm³/mol. The molecule has 0 saturated carbocycles. The van der Waals surface area contributed by atoms with E-state index in [1.54, 1.807) is 54.0 Å². The maximum atomic E-state index is 14.0. The van der Waals surface area contributed by atoms with Crippen LogP contribution >= 0.6 is 22.9 Å². The molecule has 1 amide bonds. The average Bonchev–Trinajstić information content (AvgIpc) is 3.17. The Hall–Kier alpha value is -3.36. The van der Waals surface area contributed by atoms with Gasteiger partial charge in [-0.05, 0) is 48.5 Å². The standard InChI is InChI=1S/C20H13ClFN5OS/c21-13-3-6-15(16(22)9-13)17-10-29-20(26-17)27-19(28)12-1-4-14(5-2-12)25-18-7-8-23-11-24-18/h1-11H,(H,23,24,25)(H,26,27,28). The Morgan fingerprint density at radius 1 is 1.10 bits per heavy atom. The first-order valence-corrected chi connectivity index (χ1v) is 9.70. The summed E-state index contributed by atoms with van der Waals surface area (Å²) in [5.74, 6) is -0.120. The lowest BCUT2D eigenvalue weighted by Crippen LogP contribution is -2.11. The van der Waals surface area contributed by atoms with Gasteiger partial charge in [0.2, 0.25) is 0 Å². The summed E-state index contributed by atoms with van der Waals surface area (Å²) >= 11 is 6.99. The van der Waals surface area contributed by atoms with Crippen LogP contribution in [-0.2, 0) is 0 Å². The molecule has 0 aliphatic carbocycles. The molecular formula is C20H13ClFN5OS. The highest BCUT2D eigenvalue weighted by Gasteiger charge is 2.13. The molecular weight excluding hydrogens is 413 g/mol. The third-order valence-corrected chi connectivity index (χ3v) is 4.93. The van der Waals surface area contributed by atoms with Crippen molar-refractivity contribution in [3.63, 3.8) is 0 Å². The summed E-state index contributed by atoms with van der Waals surface area (Å²) in [7, 11) is 0. The lowest BCUT2D eigenvalue weighted by Gasteiger charge is -2.06. The monoisotopic (exact) mass is 425 g/mol. The van der Waals surface area contributed by atoms with Crippen LogP contribution in [0.5, 0.6) is 0 Å². The number of carbonyl (C=O) groups is 1. The van der Waals surface area contributed by atoms with Crippen LogP contribution in [0.25, 0.3) is 11.3 Å². The summed E-state index contributed by atoms with van der Waals surface area (Å²) < 4.78 is 14.0. The number of anilines is 3. The third-order valence-electron chi connectivity index (χ3n) is 3.93. The lowest BCUT2D eigenvalue weighted by molar-refractivity contribution is 0.102. The predicted octanol–water partition coefficient (Wildman–Crippen LogP) is 5.39. The van der Waals surface area contributed by atoms with Gasteiger partial charge in [-0.3, -0.25) is 10.1 Å². The molecule has 0 spiro atoms. The highest BCUT2D eigenvalue weighted by Crippen LogP contribution is 2.29. The number of halogens is 2. The summed E-state index contributed by atoms with van der Waals surface area (Å²) in [6.45, 7) is 0. The Balaban J connectivity index is 1.44. The summed E-state index contributed by atoms with van der Waals surface area (Å²) in [5, 5.41) is 8.21. The number of hydrogen-bond acceptors (Lipinski definition) is 6. The van der Waals surface area contributed by atoms with E-state index >= 15 is 0 Å². The van der Waals surface area contributed by atoms with Crippen molar-refractivity contribution < 1.29 is 9.18 Å². The zero-order chi connectivity index (χ0) is 20.2. The van der Waals surface area contributed by atoms with E-state index in [0.717, 1.165) is 5.69 Å². The van der Waals surface area contributed by atoms with Crippen LogP contribution < -0.4 is 10.6 Å². The molecule has 2 heterocycles. The quantitative estimate of drug-likeness (QED) is 0.448. The summed E-state index contributed by atoms with van der Waals surface area (Å²) in [6.07, 6.45) is 3.08. The Bertz CT molecular complexity index is 1150. The van der Waals surface area contributed by atoms with Crippen molar-refractivity contribution >= 4 is 45.5 Å². The van der Waals surface area contributed by atoms with Crippen molar-refractivity contribution in [3.8, 4) is 11.3 Å². The zero-order valence-corrected chi connectivity index (χ0v) is 16.3. The second-order valence-electron chi connectivity index (χ2n) is 5.91. The fourth-order valence-electron chi connectivity index (χ4n) is 2.54. The van der Waals surface area contributed by atoms with Crippen LogP contribution in [0.1, 0.15) is 10.4 Å². The first kappa shape index (κ1) is 19.0. The molecule has 9 heteroatoms. The average molecular weight is 426 g/mol. The van der Waals surface area contributed by atoms with Crippen molar-refractivity contribution in [2.24, 2.45) is 0 Å². The zero-order valence-electron chi connectivity index (χ0n) is 14.8. The fourth-order valence-corrected chi connectivity index (χ4v) is 3.40. The van der Waals surface area contributed by atoms with Crippen molar-refractivity contribution in [2.75, 3.05) is 10.6 Å². The first-order valence-electron chi connectivity index (χ1n) is 8.44. The van der Waals surface area contributed by atoms with E-state index in [-0.39, 0.29) is 5.91 Å². The smallest absolute Gasteiger partial charge is 0.257 e. The van der Waals surface area contributed by atoms with Crippen molar-refractivity contribution in [1.29, 1.82) is 0 Å². The van der Waals surface area contributed by atoms with Crippen LogP contribution in [-0.4, -0.2) is 20.9 Å². The topological polar surface area (TPSA) is 79.8 Å². The normalized spacial score (nSPS) is 10.6. The minimum Gasteiger partial charge on any atom is -0.340 e.